The average molecular weight is 702 g/mol. The van der Waals surface area contributed by atoms with Gasteiger partial charge in [-0.3, -0.25) is 9.78 Å². The number of amides is 2. The van der Waals surface area contributed by atoms with E-state index in [2.05, 4.69) is 53.5 Å². The van der Waals surface area contributed by atoms with Gasteiger partial charge in [-0.1, -0.05) is 93.1 Å². The predicted octanol–water partition coefficient (Wildman–Crippen LogP) is 10.6. The maximum atomic E-state index is 13.9. The first-order chi connectivity index (χ1) is 25.2. The van der Waals surface area contributed by atoms with E-state index >= 15 is 0 Å². The Labute approximate surface area is 310 Å². The molecule has 2 fully saturated rings. The first kappa shape index (κ1) is 37.1. The van der Waals surface area contributed by atoms with Gasteiger partial charge < -0.3 is 19.3 Å². The van der Waals surface area contributed by atoms with Gasteiger partial charge in [-0.05, 0) is 111 Å². The van der Waals surface area contributed by atoms with Crippen LogP contribution in [0.1, 0.15) is 112 Å². The van der Waals surface area contributed by atoms with Crippen molar-refractivity contribution < 1.29 is 19.1 Å². The number of hydrogen-bond donors (Lipinski definition) is 0. The molecule has 1 aromatic heterocycles. The van der Waals surface area contributed by atoms with E-state index in [-0.39, 0.29) is 18.0 Å². The summed E-state index contributed by atoms with van der Waals surface area (Å²) in [5.74, 6) is 1.41. The molecule has 0 bridgehead atoms. The standard InChI is InChI=1S/C45H55N3O4/c1-45(2,3)52-44(50)48(41-14-8-5-9-15-41)32-35-18-22-39(23-19-35)38-20-16-34(17-21-38)30-47(31-37-13-10-28-46-29-37)43(49)40-24-26-42(27-25-40)51-33-36-11-6-4-7-12-36/h10,13,16-29,36,41H,4-9,11-12,14-15,30-33H2,1-3H3. The highest BCUT2D eigenvalue weighted by atomic mass is 16.6. The third-order valence-corrected chi connectivity index (χ3v) is 10.3. The minimum Gasteiger partial charge on any atom is -0.493 e. The molecule has 7 nitrogen and oxygen atoms in total. The van der Waals surface area contributed by atoms with Gasteiger partial charge in [0, 0.05) is 43.6 Å². The first-order valence-electron chi connectivity index (χ1n) is 19.3. The molecule has 2 saturated carbocycles. The van der Waals surface area contributed by atoms with E-state index in [9.17, 15) is 9.59 Å². The zero-order valence-electron chi connectivity index (χ0n) is 31.3. The summed E-state index contributed by atoms with van der Waals surface area (Å²) < 4.78 is 11.9. The van der Waals surface area contributed by atoms with Crippen LogP contribution in [0.5, 0.6) is 5.75 Å². The fraction of sp³-hybridized carbons (Fsp3) is 0.444. The van der Waals surface area contributed by atoms with Crippen molar-refractivity contribution in [3.63, 3.8) is 0 Å². The fourth-order valence-electron chi connectivity index (χ4n) is 7.43. The van der Waals surface area contributed by atoms with Gasteiger partial charge in [0.15, 0.2) is 0 Å². The highest BCUT2D eigenvalue weighted by Crippen LogP contribution is 2.28. The molecule has 274 valence electrons. The van der Waals surface area contributed by atoms with Crippen molar-refractivity contribution in [2.45, 2.75) is 116 Å². The van der Waals surface area contributed by atoms with Crippen molar-refractivity contribution in [1.29, 1.82) is 0 Å². The molecular formula is C45H55N3O4. The zero-order valence-corrected chi connectivity index (χ0v) is 31.3. The van der Waals surface area contributed by atoms with Crippen LogP contribution in [-0.4, -0.2) is 45.0 Å². The van der Waals surface area contributed by atoms with Crippen molar-refractivity contribution in [2.24, 2.45) is 5.92 Å². The third kappa shape index (κ3) is 10.7. The van der Waals surface area contributed by atoms with Crippen molar-refractivity contribution in [2.75, 3.05) is 6.61 Å². The topological polar surface area (TPSA) is 72.0 Å². The number of aromatic nitrogens is 1. The number of ether oxygens (including phenoxy) is 2. The molecule has 2 aliphatic rings. The van der Waals surface area contributed by atoms with Crippen LogP contribution < -0.4 is 4.74 Å². The normalized spacial score (nSPS) is 15.5. The van der Waals surface area contributed by atoms with Crippen LogP contribution in [0.25, 0.3) is 11.1 Å². The Hall–Kier alpha value is -4.65. The van der Waals surface area contributed by atoms with Gasteiger partial charge in [-0.2, -0.15) is 0 Å². The summed E-state index contributed by atoms with van der Waals surface area (Å²) in [7, 11) is 0. The molecule has 2 aliphatic carbocycles. The molecule has 0 atom stereocenters. The smallest absolute Gasteiger partial charge is 0.410 e. The molecule has 6 rings (SSSR count). The van der Waals surface area contributed by atoms with Crippen LogP contribution in [0.2, 0.25) is 0 Å². The fourth-order valence-corrected chi connectivity index (χ4v) is 7.43. The predicted molar refractivity (Wildman–Crippen MR) is 207 cm³/mol. The summed E-state index contributed by atoms with van der Waals surface area (Å²) >= 11 is 0. The molecule has 0 aliphatic heterocycles. The van der Waals surface area contributed by atoms with E-state index in [1.54, 1.807) is 6.20 Å². The molecule has 0 spiro atoms. The molecule has 0 radical (unpaired) electrons. The van der Waals surface area contributed by atoms with Crippen LogP contribution in [0.3, 0.4) is 0 Å². The number of nitrogens with zero attached hydrogens (tertiary/aromatic N) is 3. The van der Waals surface area contributed by atoms with Gasteiger partial charge in [0.2, 0.25) is 0 Å². The molecule has 2 amide bonds. The van der Waals surface area contributed by atoms with E-state index in [0.717, 1.165) is 65.9 Å². The van der Waals surface area contributed by atoms with Crippen molar-refractivity contribution >= 4 is 12.0 Å². The van der Waals surface area contributed by atoms with Gasteiger partial charge in [-0.15, -0.1) is 0 Å². The molecule has 4 aromatic rings. The van der Waals surface area contributed by atoms with E-state index in [0.29, 0.717) is 31.1 Å². The molecule has 52 heavy (non-hydrogen) atoms. The number of hydrogen-bond acceptors (Lipinski definition) is 5. The van der Waals surface area contributed by atoms with Crippen LogP contribution >= 0.6 is 0 Å². The zero-order chi connectivity index (χ0) is 36.3. The molecule has 7 heteroatoms. The highest BCUT2D eigenvalue weighted by Gasteiger charge is 2.29. The van der Waals surface area contributed by atoms with Gasteiger partial charge in [0.05, 0.1) is 6.61 Å². The van der Waals surface area contributed by atoms with Crippen LogP contribution in [0, 0.1) is 5.92 Å². The Balaban J connectivity index is 1.11. The minimum atomic E-state index is -0.530. The number of carbonyl (C=O) groups excluding carboxylic acids is 2. The Morgan fingerprint density at radius 2 is 1.27 bits per heavy atom. The van der Waals surface area contributed by atoms with Gasteiger partial charge >= 0.3 is 6.09 Å². The van der Waals surface area contributed by atoms with Crippen molar-refractivity contribution in [3.8, 4) is 16.9 Å². The Morgan fingerprint density at radius 3 is 1.85 bits per heavy atom. The quantitative estimate of drug-likeness (QED) is 0.147. The summed E-state index contributed by atoms with van der Waals surface area (Å²) in [4.78, 5) is 35.2. The molecule has 0 N–H and O–H groups in total. The summed E-state index contributed by atoms with van der Waals surface area (Å²) in [6.07, 6.45) is 15.3. The summed E-state index contributed by atoms with van der Waals surface area (Å²) in [5.41, 5.74) is 5.42. The molecule has 0 unspecified atom stereocenters. The summed E-state index contributed by atoms with van der Waals surface area (Å²) in [5, 5.41) is 0. The largest absolute Gasteiger partial charge is 0.493 e. The number of carbonyl (C=O) groups is 2. The molecule has 3 aromatic carbocycles. The monoisotopic (exact) mass is 701 g/mol. The lowest BCUT2D eigenvalue weighted by Crippen LogP contribution is -2.43. The Kier molecular flexibility index (Phi) is 12.6. The van der Waals surface area contributed by atoms with E-state index in [1.807, 2.05) is 73.2 Å². The van der Waals surface area contributed by atoms with E-state index < -0.39 is 5.60 Å². The van der Waals surface area contributed by atoms with Gasteiger partial charge in [0.25, 0.3) is 5.91 Å². The number of rotatable bonds is 12. The Bertz CT molecular complexity index is 1700. The first-order valence-corrected chi connectivity index (χ1v) is 19.3. The lowest BCUT2D eigenvalue weighted by atomic mass is 9.90. The van der Waals surface area contributed by atoms with Gasteiger partial charge in [0.1, 0.15) is 11.4 Å². The van der Waals surface area contributed by atoms with Crippen molar-refractivity contribution in [1.82, 2.24) is 14.8 Å². The number of benzene rings is 3. The third-order valence-electron chi connectivity index (χ3n) is 10.3. The van der Waals surface area contributed by atoms with Crippen LogP contribution in [-0.2, 0) is 24.4 Å². The summed E-state index contributed by atoms with van der Waals surface area (Å²) in [6, 6.07) is 28.6. The molecule has 1 heterocycles. The van der Waals surface area contributed by atoms with Crippen LogP contribution in [0.15, 0.2) is 97.3 Å². The lowest BCUT2D eigenvalue weighted by molar-refractivity contribution is 0.00987. The second-order valence-electron chi connectivity index (χ2n) is 15.7. The molecular weight excluding hydrogens is 647 g/mol. The van der Waals surface area contributed by atoms with Gasteiger partial charge in [-0.25, -0.2) is 4.79 Å². The minimum absolute atomic E-state index is 0.0315. The van der Waals surface area contributed by atoms with Crippen LogP contribution in [0.4, 0.5) is 4.79 Å². The maximum Gasteiger partial charge on any atom is 0.410 e. The van der Waals surface area contributed by atoms with E-state index in [4.69, 9.17) is 9.47 Å². The Morgan fingerprint density at radius 1 is 0.692 bits per heavy atom. The number of pyridine rings is 1. The maximum absolute atomic E-state index is 13.9. The average Bonchev–Trinajstić information content (AvgIpc) is 3.17. The van der Waals surface area contributed by atoms with E-state index in [1.165, 1.54) is 38.5 Å². The second-order valence-corrected chi connectivity index (χ2v) is 15.7. The SMILES string of the molecule is CC(C)(C)OC(=O)N(Cc1ccc(-c2ccc(CN(Cc3cccnc3)C(=O)c3ccc(OCC4CCCCC4)cc3)cc2)cc1)C1CCCCC1. The molecule has 0 saturated heterocycles. The highest BCUT2D eigenvalue weighted by molar-refractivity contribution is 5.94. The summed E-state index contributed by atoms with van der Waals surface area (Å²) in [6.45, 7) is 7.97. The lowest BCUT2D eigenvalue weighted by Gasteiger charge is -2.35. The second kappa shape index (κ2) is 17.7. The van der Waals surface area contributed by atoms with Crippen molar-refractivity contribution in [3.05, 3.63) is 120 Å².